The average molecular weight is 454 g/mol. The largest absolute Gasteiger partial charge is 0.493 e. The summed E-state index contributed by atoms with van der Waals surface area (Å²) in [5, 5.41) is 0. The highest BCUT2D eigenvalue weighted by molar-refractivity contribution is 5.91. The van der Waals surface area contributed by atoms with Crippen molar-refractivity contribution in [1.29, 1.82) is 0 Å². The second kappa shape index (κ2) is 11.5. The lowest BCUT2D eigenvalue weighted by Gasteiger charge is -2.35. The third kappa shape index (κ3) is 6.05. The predicted octanol–water partition coefficient (Wildman–Crippen LogP) is 3.14. The lowest BCUT2D eigenvalue weighted by Crippen LogP contribution is -2.47. The fourth-order valence-electron chi connectivity index (χ4n) is 4.60. The van der Waals surface area contributed by atoms with E-state index in [9.17, 15) is 4.79 Å². The van der Waals surface area contributed by atoms with Gasteiger partial charge < -0.3 is 19.1 Å². The molecule has 0 N–H and O–H groups in total. The van der Waals surface area contributed by atoms with E-state index in [4.69, 9.17) is 14.2 Å². The van der Waals surface area contributed by atoms with Gasteiger partial charge in [-0.25, -0.2) is 4.79 Å². The van der Waals surface area contributed by atoms with E-state index < -0.39 is 5.97 Å². The van der Waals surface area contributed by atoms with Crippen molar-refractivity contribution < 1.29 is 19.0 Å². The van der Waals surface area contributed by atoms with E-state index in [2.05, 4.69) is 14.7 Å². The van der Waals surface area contributed by atoms with Gasteiger partial charge in [-0.1, -0.05) is 24.3 Å². The van der Waals surface area contributed by atoms with E-state index in [1.165, 1.54) is 32.5 Å². The minimum atomic E-state index is -0.407. The van der Waals surface area contributed by atoms with Gasteiger partial charge in [0.1, 0.15) is 0 Å². The molecule has 2 fully saturated rings. The number of hydrogen-bond donors (Lipinski definition) is 0. The van der Waals surface area contributed by atoms with Gasteiger partial charge in [0.25, 0.3) is 0 Å². The maximum Gasteiger partial charge on any atom is 0.343 e. The van der Waals surface area contributed by atoms with Crippen LogP contribution in [0.1, 0.15) is 28.8 Å². The van der Waals surface area contributed by atoms with Crippen molar-refractivity contribution in [2.75, 3.05) is 66.6 Å². The first kappa shape index (κ1) is 23.5. The smallest absolute Gasteiger partial charge is 0.343 e. The molecule has 0 radical (unpaired) electrons. The summed E-state index contributed by atoms with van der Waals surface area (Å²) in [7, 11) is 3.16. The molecular formula is C26H35N3O4. The van der Waals surface area contributed by atoms with Crippen LogP contribution >= 0.6 is 0 Å². The predicted molar refractivity (Wildman–Crippen MR) is 128 cm³/mol. The normalized spacial score (nSPS) is 17.8. The van der Waals surface area contributed by atoms with Crippen molar-refractivity contribution in [1.82, 2.24) is 14.7 Å². The Hall–Kier alpha value is -2.61. The number of methoxy groups -OCH3 is 2. The van der Waals surface area contributed by atoms with Gasteiger partial charge in [-0.15, -0.1) is 0 Å². The molecule has 0 aromatic heterocycles. The third-order valence-corrected chi connectivity index (χ3v) is 6.58. The van der Waals surface area contributed by atoms with Gasteiger partial charge in [0.15, 0.2) is 11.5 Å². The number of esters is 1. The van der Waals surface area contributed by atoms with E-state index in [-0.39, 0.29) is 0 Å². The van der Waals surface area contributed by atoms with Gasteiger partial charge in [-0.2, -0.15) is 0 Å². The molecule has 178 valence electrons. The molecule has 0 spiro atoms. The van der Waals surface area contributed by atoms with Crippen molar-refractivity contribution in [3.63, 3.8) is 0 Å². The minimum Gasteiger partial charge on any atom is -0.493 e. The molecule has 33 heavy (non-hydrogen) atoms. The van der Waals surface area contributed by atoms with Crippen LogP contribution in [0.5, 0.6) is 17.2 Å². The molecule has 2 aromatic rings. The topological polar surface area (TPSA) is 54.5 Å². The molecule has 0 atom stereocenters. The summed E-state index contributed by atoms with van der Waals surface area (Å²) in [5.74, 6) is 1.02. The SMILES string of the molecule is COc1ccc(CN2CCN(CCN3CCCC3)CC2)c(OC(=O)c2ccccc2)c1OC. The van der Waals surface area contributed by atoms with Crippen LogP contribution in [0.3, 0.4) is 0 Å². The van der Waals surface area contributed by atoms with Crippen molar-refractivity contribution in [2.24, 2.45) is 0 Å². The summed E-state index contributed by atoms with van der Waals surface area (Å²) in [6, 6.07) is 12.9. The first-order valence-corrected chi connectivity index (χ1v) is 11.9. The molecule has 2 saturated heterocycles. The average Bonchev–Trinajstić information content (AvgIpc) is 3.38. The van der Waals surface area contributed by atoms with Crippen molar-refractivity contribution in [2.45, 2.75) is 19.4 Å². The number of carbonyl (C=O) groups excluding carboxylic acids is 1. The van der Waals surface area contributed by atoms with Crippen LogP contribution < -0.4 is 14.2 Å². The second-order valence-electron chi connectivity index (χ2n) is 8.71. The van der Waals surface area contributed by atoms with Crippen molar-refractivity contribution in [3.8, 4) is 17.2 Å². The second-order valence-corrected chi connectivity index (χ2v) is 8.71. The quantitative estimate of drug-likeness (QED) is 0.427. The number of piperazine rings is 1. The van der Waals surface area contributed by atoms with E-state index >= 15 is 0 Å². The molecule has 7 nitrogen and oxygen atoms in total. The number of benzene rings is 2. The Balaban J connectivity index is 1.42. The first-order chi connectivity index (χ1) is 16.2. The monoisotopic (exact) mass is 453 g/mol. The maximum absolute atomic E-state index is 12.8. The van der Waals surface area contributed by atoms with Gasteiger partial charge in [0.2, 0.25) is 5.75 Å². The summed E-state index contributed by atoms with van der Waals surface area (Å²) in [4.78, 5) is 20.3. The number of ether oxygens (including phenoxy) is 3. The molecule has 0 aliphatic carbocycles. The highest BCUT2D eigenvalue weighted by Crippen LogP contribution is 2.41. The number of carbonyl (C=O) groups is 1. The standard InChI is InChI=1S/C26H35N3O4/c1-31-23-11-10-22(24(25(23)32-2)33-26(30)21-8-4-3-5-9-21)20-29-18-16-28(17-19-29)15-14-27-12-6-7-13-27/h3-5,8-11H,6-7,12-20H2,1-2H3. The molecule has 2 aliphatic rings. The van der Waals surface area contributed by atoms with Crippen LogP contribution in [0.15, 0.2) is 42.5 Å². The van der Waals surface area contributed by atoms with Crippen LogP contribution in [0.25, 0.3) is 0 Å². The lowest BCUT2D eigenvalue weighted by molar-refractivity contribution is 0.0722. The number of rotatable bonds is 9. The van der Waals surface area contributed by atoms with Crippen molar-refractivity contribution in [3.05, 3.63) is 53.6 Å². The third-order valence-electron chi connectivity index (χ3n) is 6.58. The summed E-state index contributed by atoms with van der Waals surface area (Å²) < 4.78 is 16.9. The Morgan fingerprint density at radius 2 is 1.39 bits per heavy atom. The lowest BCUT2D eigenvalue weighted by atomic mass is 10.1. The molecule has 0 bridgehead atoms. The van der Waals surface area contributed by atoms with Crippen LogP contribution in [0, 0.1) is 0 Å². The highest BCUT2D eigenvalue weighted by atomic mass is 16.6. The fraction of sp³-hybridized carbons (Fsp3) is 0.500. The summed E-state index contributed by atoms with van der Waals surface area (Å²) in [5.41, 5.74) is 1.42. The Bertz CT molecular complexity index is 907. The summed E-state index contributed by atoms with van der Waals surface area (Å²) >= 11 is 0. The highest BCUT2D eigenvalue weighted by Gasteiger charge is 2.24. The molecule has 2 aliphatic heterocycles. The zero-order chi connectivity index (χ0) is 23.0. The van der Waals surface area contributed by atoms with Crippen molar-refractivity contribution >= 4 is 5.97 Å². The molecule has 7 heteroatoms. The van der Waals surface area contributed by atoms with E-state index in [0.29, 0.717) is 29.4 Å². The maximum atomic E-state index is 12.8. The van der Waals surface area contributed by atoms with Crippen LogP contribution in [0.4, 0.5) is 0 Å². The minimum absolute atomic E-state index is 0.407. The van der Waals surface area contributed by atoms with Crippen LogP contribution in [0.2, 0.25) is 0 Å². The molecule has 0 unspecified atom stereocenters. The molecular weight excluding hydrogens is 418 g/mol. The van der Waals surface area contributed by atoms with Crippen LogP contribution in [-0.2, 0) is 6.54 Å². The Labute approximate surface area is 196 Å². The van der Waals surface area contributed by atoms with Gasteiger partial charge in [0.05, 0.1) is 19.8 Å². The molecule has 4 rings (SSSR count). The van der Waals surface area contributed by atoms with Gasteiger partial charge in [-0.3, -0.25) is 9.80 Å². The molecule has 0 saturated carbocycles. The van der Waals surface area contributed by atoms with Gasteiger partial charge in [0, 0.05) is 51.4 Å². The Morgan fingerprint density at radius 3 is 2.03 bits per heavy atom. The zero-order valence-corrected chi connectivity index (χ0v) is 19.8. The zero-order valence-electron chi connectivity index (χ0n) is 19.8. The van der Waals surface area contributed by atoms with E-state index in [1.807, 2.05) is 30.3 Å². The Morgan fingerprint density at radius 1 is 0.758 bits per heavy atom. The molecule has 2 aromatic carbocycles. The number of likely N-dealkylation sites (tertiary alicyclic amines) is 1. The summed E-state index contributed by atoms with van der Waals surface area (Å²) in [6.45, 7) is 9.60. The molecule has 2 heterocycles. The van der Waals surface area contributed by atoms with Gasteiger partial charge >= 0.3 is 5.97 Å². The fourth-order valence-corrected chi connectivity index (χ4v) is 4.60. The van der Waals surface area contributed by atoms with E-state index in [1.54, 1.807) is 26.4 Å². The van der Waals surface area contributed by atoms with E-state index in [0.717, 1.165) is 38.3 Å². The summed E-state index contributed by atoms with van der Waals surface area (Å²) in [6.07, 6.45) is 2.69. The molecule has 0 amide bonds. The number of hydrogen-bond acceptors (Lipinski definition) is 7. The van der Waals surface area contributed by atoms with Crippen LogP contribution in [-0.4, -0.2) is 87.2 Å². The Kier molecular flexibility index (Phi) is 8.20. The van der Waals surface area contributed by atoms with Gasteiger partial charge in [-0.05, 0) is 44.1 Å². The number of nitrogens with zero attached hydrogens (tertiary/aromatic N) is 3. The first-order valence-electron chi connectivity index (χ1n) is 11.9.